The Kier molecular flexibility index (Phi) is 5.04. The summed E-state index contributed by atoms with van der Waals surface area (Å²) >= 11 is 0. The second kappa shape index (κ2) is 6.55. The molecule has 1 saturated heterocycles. The zero-order valence-electron chi connectivity index (χ0n) is 12.5. The molecule has 1 heterocycles. The molecule has 0 spiro atoms. The Morgan fingerprint density at radius 3 is 1.92 bits per heavy atom. The third-order valence-electron chi connectivity index (χ3n) is 3.84. The molecule has 1 aliphatic heterocycles. The molecule has 1 aromatic carbocycles. The number of hydrogen-bond donors (Lipinski definition) is 1. The van der Waals surface area contributed by atoms with Crippen molar-refractivity contribution in [3.63, 3.8) is 0 Å². The largest absolute Gasteiger partial charge is 0.491 e. The summed E-state index contributed by atoms with van der Waals surface area (Å²) in [5.74, 6) is -10.6. The zero-order chi connectivity index (χ0) is 18.2. The van der Waals surface area contributed by atoms with Gasteiger partial charge in [-0.15, -0.1) is 0 Å². The van der Waals surface area contributed by atoms with E-state index in [2.05, 4.69) is 4.74 Å². The number of carbonyl (C=O) groups is 1. The molecule has 1 amide bonds. The van der Waals surface area contributed by atoms with Crippen molar-refractivity contribution in [3.8, 4) is 5.75 Å². The van der Waals surface area contributed by atoms with Crippen LogP contribution in [0.4, 0.5) is 17.6 Å². The Balaban J connectivity index is 2.46. The van der Waals surface area contributed by atoms with Crippen molar-refractivity contribution in [3.05, 3.63) is 23.3 Å². The van der Waals surface area contributed by atoms with Crippen molar-refractivity contribution in [2.24, 2.45) is 11.7 Å². The van der Waals surface area contributed by atoms with Gasteiger partial charge in [0, 0.05) is 19.0 Å². The van der Waals surface area contributed by atoms with E-state index < -0.39 is 55.8 Å². The highest BCUT2D eigenvalue weighted by molar-refractivity contribution is 7.89. The highest BCUT2D eigenvalue weighted by Crippen LogP contribution is 2.34. The summed E-state index contributed by atoms with van der Waals surface area (Å²) in [6, 6.07) is 0. The van der Waals surface area contributed by atoms with Gasteiger partial charge in [0.2, 0.25) is 27.6 Å². The summed E-state index contributed by atoms with van der Waals surface area (Å²) < 4.78 is 85.0. The number of nitrogens with two attached hydrogens (primary N) is 1. The third kappa shape index (κ3) is 2.93. The SMILES string of the molecule is COc1c(F)c(F)c(S(=O)(=O)N2CCC(C(N)=O)CC2)c(F)c1F. The van der Waals surface area contributed by atoms with Gasteiger partial charge in [0.25, 0.3) is 0 Å². The number of nitrogens with zero attached hydrogens (tertiary/aromatic N) is 1. The van der Waals surface area contributed by atoms with E-state index in [-0.39, 0.29) is 25.9 Å². The molecule has 2 N–H and O–H groups in total. The summed E-state index contributed by atoms with van der Waals surface area (Å²) in [4.78, 5) is 9.34. The Bertz CT molecular complexity index is 748. The smallest absolute Gasteiger partial charge is 0.249 e. The lowest BCUT2D eigenvalue weighted by Gasteiger charge is -2.30. The molecule has 2 rings (SSSR count). The number of hydrogen-bond acceptors (Lipinski definition) is 4. The van der Waals surface area contributed by atoms with E-state index in [0.717, 1.165) is 7.11 Å². The normalized spacial score (nSPS) is 17.0. The van der Waals surface area contributed by atoms with Gasteiger partial charge >= 0.3 is 0 Å². The van der Waals surface area contributed by atoms with Crippen molar-refractivity contribution in [2.45, 2.75) is 17.7 Å². The molecule has 1 aliphatic rings. The van der Waals surface area contributed by atoms with Crippen molar-refractivity contribution in [1.29, 1.82) is 0 Å². The molecule has 134 valence electrons. The first kappa shape index (κ1) is 18.5. The van der Waals surface area contributed by atoms with Crippen LogP contribution in [0.2, 0.25) is 0 Å². The van der Waals surface area contributed by atoms with E-state index in [4.69, 9.17) is 5.73 Å². The zero-order valence-corrected chi connectivity index (χ0v) is 13.3. The molecule has 0 unspecified atom stereocenters. The van der Waals surface area contributed by atoms with Gasteiger partial charge in [-0.2, -0.15) is 13.1 Å². The minimum atomic E-state index is -4.85. The van der Waals surface area contributed by atoms with Crippen LogP contribution in [0.15, 0.2) is 4.90 Å². The van der Waals surface area contributed by atoms with Crippen LogP contribution >= 0.6 is 0 Å². The topological polar surface area (TPSA) is 89.7 Å². The number of piperidine rings is 1. The molecule has 0 bridgehead atoms. The van der Waals surface area contributed by atoms with Crippen LogP contribution < -0.4 is 10.5 Å². The number of carbonyl (C=O) groups excluding carboxylic acids is 1. The predicted octanol–water partition coefficient (Wildman–Crippen LogP) is 1.14. The molecule has 0 aliphatic carbocycles. The molecule has 11 heteroatoms. The van der Waals surface area contributed by atoms with Crippen LogP contribution in [0.25, 0.3) is 0 Å². The number of ether oxygens (including phenoxy) is 1. The maximum Gasteiger partial charge on any atom is 0.249 e. The Morgan fingerprint density at radius 1 is 1.08 bits per heavy atom. The molecule has 0 radical (unpaired) electrons. The average Bonchev–Trinajstić information content (AvgIpc) is 2.53. The lowest BCUT2D eigenvalue weighted by atomic mass is 9.98. The molecule has 0 saturated carbocycles. The lowest BCUT2D eigenvalue weighted by Crippen LogP contribution is -2.42. The van der Waals surface area contributed by atoms with E-state index in [1.54, 1.807) is 0 Å². The van der Waals surface area contributed by atoms with Gasteiger partial charge in [-0.1, -0.05) is 0 Å². The van der Waals surface area contributed by atoms with E-state index >= 15 is 0 Å². The third-order valence-corrected chi connectivity index (χ3v) is 5.76. The van der Waals surface area contributed by atoms with Crippen LogP contribution in [0.5, 0.6) is 5.75 Å². The minimum Gasteiger partial charge on any atom is -0.491 e. The second-order valence-corrected chi connectivity index (χ2v) is 7.07. The van der Waals surface area contributed by atoms with Crippen LogP contribution in [-0.4, -0.2) is 38.8 Å². The first-order valence-electron chi connectivity index (χ1n) is 6.82. The number of primary amides is 1. The fourth-order valence-corrected chi connectivity index (χ4v) is 4.09. The highest BCUT2D eigenvalue weighted by atomic mass is 32.2. The molecule has 0 atom stereocenters. The Morgan fingerprint density at radius 2 is 1.54 bits per heavy atom. The van der Waals surface area contributed by atoms with Gasteiger partial charge in [0.1, 0.15) is 0 Å². The van der Waals surface area contributed by atoms with Crippen molar-refractivity contribution < 1.29 is 35.5 Å². The standard InChI is InChI=1S/C13H14F4N2O4S/c1-23-11-7(14)9(16)12(10(17)8(11)15)24(21,22)19-4-2-6(3-5-19)13(18)20/h6H,2-5H2,1H3,(H2,18,20). The Hall–Kier alpha value is -1.88. The molecule has 0 aromatic heterocycles. The molecular weight excluding hydrogens is 356 g/mol. The predicted molar refractivity (Wildman–Crippen MR) is 73.5 cm³/mol. The maximum absolute atomic E-state index is 14.0. The van der Waals surface area contributed by atoms with Gasteiger partial charge in [0.15, 0.2) is 22.3 Å². The van der Waals surface area contributed by atoms with E-state index in [9.17, 15) is 30.8 Å². The number of benzene rings is 1. The summed E-state index contributed by atoms with van der Waals surface area (Å²) in [5, 5.41) is 0. The first-order valence-corrected chi connectivity index (χ1v) is 8.26. The van der Waals surface area contributed by atoms with Crippen molar-refractivity contribution >= 4 is 15.9 Å². The number of methoxy groups -OCH3 is 1. The summed E-state index contributed by atoms with van der Waals surface area (Å²) in [7, 11) is -4.07. The van der Waals surface area contributed by atoms with Gasteiger partial charge in [-0.3, -0.25) is 4.79 Å². The van der Waals surface area contributed by atoms with Gasteiger partial charge in [0.05, 0.1) is 7.11 Å². The van der Waals surface area contributed by atoms with Crippen LogP contribution in [0, 0.1) is 29.2 Å². The van der Waals surface area contributed by atoms with E-state index in [0.29, 0.717) is 4.31 Å². The van der Waals surface area contributed by atoms with E-state index in [1.807, 2.05) is 0 Å². The highest BCUT2D eigenvalue weighted by Gasteiger charge is 2.39. The fraction of sp³-hybridized carbons (Fsp3) is 0.462. The number of sulfonamides is 1. The maximum atomic E-state index is 14.0. The lowest BCUT2D eigenvalue weighted by molar-refractivity contribution is -0.122. The van der Waals surface area contributed by atoms with Gasteiger partial charge in [-0.05, 0) is 12.8 Å². The molecule has 24 heavy (non-hydrogen) atoms. The molecular formula is C13H14F4N2O4S. The molecule has 6 nitrogen and oxygen atoms in total. The van der Waals surface area contributed by atoms with E-state index in [1.165, 1.54) is 0 Å². The fourth-order valence-electron chi connectivity index (χ4n) is 2.51. The first-order chi connectivity index (χ1) is 11.1. The monoisotopic (exact) mass is 370 g/mol. The average molecular weight is 370 g/mol. The van der Waals surface area contributed by atoms with Gasteiger partial charge in [-0.25, -0.2) is 17.2 Å². The number of rotatable bonds is 4. The van der Waals surface area contributed by atoms with Crippen LogP contribution in [0.3, 0.4) is 0 Å². The quantitative estimate of drug-likeness (QED) is 0.636. The van der Waals surface area contributed by atoms with Crippen molar-refractivity contribution in [1.82, 2.24) is 4.31 Å². The van der Waals surface area contributed by atoms with Crippen molar-refractivity contribution in [2.75, 3.05) is 20.2 Å². The number of amides is 1. The molecule has 1 fully saturated rings. The Labute approximate surface area is 135 Å². The molecule has 1 aromatic rings. The summed E-state index contributed by atoms with van der Waals surface area (Å²) in [6.07, 6.45) is 0.0812. The second-order valence-electron chi connectivity index (χ2n) is 5.20. The summed E-state index contributed by atoms with van der Waals surface area (Å²) in [6.45, 7) is -0.520. The van der Waals surface area contributed by atoms with Crippen LogP contribution in [0.1, 0.15) is 12.8 Å². The van der Waals surface area contributed by atoms with Gasteiger partial charge < -0.3 is 10.5 Å². The van der Waals surface area contributed by atoms with Crippen LogP contribution in [-0.2, 0) is 14.8 Å². The summed E-state index contributed by atoms with van der Waals surface area (Å²) in [5.41, 5.74) is 5.11. The number of halogens is 4. The minimum absolute atomic E-state index is 0.0406.